The maximum absolute atomic E-state index is 5.35. The van der Waals surface area contributed by atoms with Crippen LogP contribution < -0.4 is 0 Å². The first-order valence-corrected chi connectivity index (χ1v) is 6.11. The van der Waals surface area contributed by atoms with Gasteiger partial charge in [-0.3, -0.25) is 4.99 Å². The van der Waals surface area contributed by atoms with Gasteiger partial charge in [0.1, 0.15) is 5.04 Å². The van der Waals surface area contributed by atoms with Gasteiger partial charge in [-0.2, -0.15) is 0 Å². The van der Waals surface area contributed by atoms with E-state index in [9.17, 15) is 0 Å². The smallest absolute Gasteiger partial charge is 0.158 e. The highest BCUT2D eigenvalue weighted by molar-refractivity contribution is 8.14. The topological polar surface area (TPSA) is 25.5 Å². The highest BCUT2D eigenvalue weighted by Crippen LogP contribution is 2.37. The first kappa shape index (κ1) is 9.73. The summed E-state index contributed by atoms with van der Waals surface area (Å²) in [5.41, 5.74) is 1.33. The maximum atomic E-state index is 5.35. The zero-order valence-electron chi connectivity index (χ0n) is 8.67. The molecule has 1 unspecified atom stereocenters. The lowest BCUT2D eigenvalue weighted by Crippen LogP contribution is -1.93. The minimum atomic E-state index is 0.432. The number of hydrogen-bond donors (Lipinski definition) is 0. The Bertz CT molecular complexity index is 490. The van der Waals surface area contributed by atoms with E-state index in [4.69, 9.17) is 4.42 Å². The number of furan rings is 1. The third-order valence-electron chi connectivity index (χ3n) is 2.56. The van der Waals surface area contributed by atoms with E-state index in [0.717, 1.165) is 17.3 Å². The van der Waals surface area contributed by atoms with Gasteiger partial charge in [0.15, 0.2) is 5.76 Å². The Morgan fingerprint density at radius 1 is 1.12 bits per heavy atom. The van der Waals surface area contributed by atoms with E-state index in [2.05, 4.69) is 29.3 Å². The van der Waals surface area contributed by atoms with E-state index < -0.39 is 0 Å². The second-order valence-corrected chi connectivity index (χ2v) is 4.83. The van der Waals surface area contributed by atoms with Crippen LogP contribution in [0.3, 0.4) is 0 Å². The summed E-state index contributed by atoms with van der Waals surface area (Å²) in [6.45, 7) is 0.838. The van der Waals surface area contributed by atoms with Gasteiger partial charge in [-0.25, -0.2) is 0 Å². The lowest BCUT2D eigenvalue weighted by atomic mass is 10.1. The second-order valence-electron chi connectivity index (χ2n) is 3.64. The molecule has 0 spiro atoms. The Kier molecular flexibility index (Phi) is 2.54. The number of thioether (sulfide) groups is 1. The van der Waals surface area contributed by atoms with E-state index in [-0.39, 0.29) is 0 Å². The molecule has 16 heavy (non-hydrogen) atoms. The minimum absolute atomic E-state index is 0.432. The van der Waals surface area contributed by atoms with Crippen molar-refractivity contribution in [2.45, 2.75) is 5.25 Å². The van der Waals surface area contributed by atoms with Crippen LogP contribution in [-0.2, 0) is 0 Å². The normalized spacial score (nSPS) is 19.8. The van der Waals surface area contributed by atoms with E-state index in [1.165, 1.54) is 5.56 Å². The molecule has 1 aromatic heterocycles. The second kappa shape index (κ2) is 4.18. The molecular formula is C13H11NOS. The fourth-order valence-electron chi connectivity index (χ4n) is 1.75. The van der Waals surface area contributed by atoms with Crippen molar-refractivity contribution in [2.75, 3.05) is 6.54 Å². The standard InChI is InChI=1S/C13H11NOS/c1-2-5-10(6-3-1)12-9-14-13(16-12)11-7-4-8-15-11/h1-8,12H,9H2. The molecule has 0 saturated heterocycles. The van der Waals surface area contributed by atoms with Gasteiger partial charge in [-0.1, -0.05) is 42.1 Å². The third-order valence-corrected chi connectivity index (χ3v) is 3.82. The van der Waals surface area contributed by atoms with Crippen LogP contribution in [0, 0.1) is 0 Å². The van der Waals surface area contributed by atoms with Crippen LogP contribution in [-0.4, -0.2) is 11.6 Å². The van der Waals surface area contributed by atoms with Crippen LogP contribution >= 0.6 is 11.8 Å². The lowest BCUT2D eigenvalue weighted by molar-refractivity contribution is 0.559. The fourth-order valence-corrected chi connectivity index (χ4v) is 2.85. The van der Waals surface area contributed by atoms with Crippen molar-refractivity contribution in [3.63, 3.8) is 0 Å². The predicted molar refractivity (Wildman–Crippen MR) is 66.9 cm³/mol. The Hall–Kier alpha value is -1.48. The van der Waals surface area contributed by atoms with Crippen molar-refractivity contribution in [3.05, 3.63) is 60.1 Å². The summed E-state index contributed by atoms with van der Waals surface area (Å²) in [5, 5.41) is 1.44. The van der Waals surface area contributed by atoms with Crippen LogP contribution in [0.5, 0.6) is 0 Å². The molecule has 3 heteroatoms. The van der Waals surface area contributed by atoms with Crippen molar-refractivity contribution in [3.8, 4) is 0 Å². The number of benzene rings is 1. The van der Waals surface area contributed by atoms with E-state index in [1.807, 2.05) is 18.2 Å². The fraction of sp³-hybridized carbons (Fsp3) is 0.154. The summed E-state index contributed by atoms with van der Waals surface area (Å²) in [6, 6.07) is 14.3. The number of hydrogen-bond acceptors (Lipinski definition) is 3. The number of nitrogens with zero attached hydrogens (tertiary/aromatic N) is 1. The third kappa shape index (κ3) is 1.78. The number of rotatable bonds is 2. The summed E-state index contributed by atoms with van der Waals surface area (Å²) in [7, 11) is 0. The molecule has 1 aliphatic heterocycles. The molecule has 0 bridgehead atoms. The van der Waals surface area contributed by atoms with Crippen molar-refractivity contribution >= 4 is 16.8 Å². The molecule has 2 nitrogen and oxygen atoms in total. The van der Waals surface area contributed by atoms with Crippen molar-refractivity contribution in [1.29, 1.82) is 0 Å². The first-order valence-electron chi connectivity index (χ1n) is 5.23. The Labute approximate surface area is 98.4 Å². The molecule has 80 valence electrons. The highest BCUT2D eigenvalue weighted by atomic mass is 32.2. The average molecular weight is 229 g/mol. The molecule has 1 aromatic carbocycles. The van der Waals surface area contributed by atoms with Gasteiger partial charge in [0.2, 0.25) is 0 Å². The summed E-state index contributed by atoms with van der Waals surface area (Å²) < 4.78 is 5.35. The molecule has 0 N–H and O–H groups in total. The largest absolute Gasteiger partial charge is 0.462 e. The first-order chi connectivity index (χ1) is 7.93. The Morgan fingerprint density at radius 3 is 2.75 bits per heavy atom. The highest BCUT2D eigenvalue weighted by Gasteiger charge is 2.23. The molecule has 0 aliphatic carbocycles. The Morgan fingerprint density at radius 2 is 2.00 bits per heavy atom. The van der Waals surface area contributed by atoms with Gasteiger partial charge in [-0.05, 0) is 17.7 Å². The molecular weight excluding hydrogens is 218 g/mol. The van der Waals surface area contributed by atoms with Crippen LogP contribution in [0.25, 0.3) is 0 Å². The zero-order chi connectivity index (χ0) is 10.8. The summed E-state index contributed by atoms with van der Waals surface area (Å²) in [4.78, 5) is 4.52. The van der Waals surface area contributed by atoms with Crippen LogP contribution in [0.4, 0.5) is 0 Å². The molecule has 1 atom stereocenters. The Balaban J connectivity index is 1.78. The molecule has 0 saturated carbocycles. The molecule has 0 radical (unpaired) electrons. The predicted octanol–water partition coefficient (Wildman–Crippen LogP) is 3.51. The minimum Gasteiger partial charge on any atom is -0.462 e. The van der Waals surface area contributed by atoms with Crippen molar-refractivity contribution < 1.29 is 4.42 Å². The van der Waals surface area contributed by atoms with E-state index in [1.54, 1.807) is 18.0 Å². The molecule has 2 heterocycles. The van der Waals surface area contributed by atoms with E-state index in [0.29, 0.717) is 5.25 Å². The molecule has 2 aromatic rings. The maximum Gasteiger partial charge on any atom is 0.158 e. The summed E-state index contributed by atoms with van der Waals surface area (Å²) >= 11 is 1.78. The SMILES string of the molecule is c1ccc(C2CN=C(c3ccco3)S2)cc1. The average Bonchev–Trinajstić information content (AvgIpc) is 3.01. The summed E-state index contributed by atoms with van der Waals surface area (Å²) in [5.74, 6) is 0.878. The van der Waals surface area contributed by atoms with Crippen LogP contribution in [0.15, 0.2) is 58.1 Å². The van der Waals surface area contributed by atoms with Gasteiger partial charge < -0.3 is 4.42 Å². The van der Waals surface area contributed by atoms with Crippen LogP contribution in [0.2, 0.25) is 0 Å². The van der Waals surface area contributed by atoms with Gasteiger partial charge in [0, 0.05) is 0 Å². The van der Waals surface area contributed by atoms with Crippen molar-refractivity contribution in [1.82, 2.24) is 0 Å². The van der Waals surface area contributed by atoms with Gasteiger partial charge >= 0.3 is 0 Å². The van der Waals surface area contributed by atoms with Crippen molar-refractivity contribution in [2.24, 2.45) is 4.99 Å². The molecule has 0 amide bonds. The van der Waals surface area contributed by atoms with E-state index >= 15 is 0 Å². The zero-order valence-corrected chi connectivity index (χ0v) is 9.48. The molecule has 1 aliphatic rings. The molecule has 3 rings (SSSR count). The lowest BCUT2D eigenvalue weighted by Gasteiger charge is -2.07. The van der Waals surface area contributed by atoms with Crippen LogP contribution in [0.1, 0.15) is 16.6 Å². The monoisotopic (exact) mass is 229 g/mol. The summed E-state index contributed by atoms with van der Waals surface area (Å²) in [6.07, 6.45) is 1.69. The number of aliphatic imine (C=N–C) groups is 1. The van der Waals surface area contributed by atoms with Gasteiger partial charge in [-0.15, -0.1) is 0 Å². The molecule has 0 fully saturated rings. The quantitative estimate of drug-likeness (QED) is 0.787. The van der Waals surface area contributed by atoms with Gasteiger partial charge in [0.25, 0.3) is 0 Å². The van der Waals surface area contributed by atoms with Gasteiger partial charge in [0.05, 0.1) is 18.1 Å².